The first-order valence-electron chi connectivity index (χ1n) is 7.04. The quantitative estimate of drug-likeness (QED) is 0.808. The maximum absolute atomic E-state index is 4.06. The fraction of sp³-hybridized carbons (Fsp3) is 0.353. The van der Waals surface area contributed by atoms with Crippen molar-refractivity contribution in [3.63, 3.8) is 0 Å². The van der Waals surface area contributed by atoms with Crippen molar-refractivity contribution in [2.45, 2.75) is 31.7 Å². The highest BCUT2D eigenvalue weighted by Crippen LogP contribution is 2.26. The molecule has 2 nitrogen and oxygen atoms in total. The van der Waals surface area contributed by atoms with Crippen LogP contribution < -0.4 is 5.32 Å². The summed E-state index contributed by atoms with van der Waals surface area (Å²) in [5, 5.41) is 3.60. The average molecular weight is 286 g/mol. The monoisotopic (exact) mass is 286 g/mol. The molecule has 0 bridgehead atoms. The third-order valence-corrected chi connectivity index (χ3v) is 4.43. The minimum atomic E-state index is 0.387. The van der Waals surface area contributed by atoms with Crippen molar-refractivity contribution in [3.05, 3.63) is 59.4 Å². The molecular formula is C17H22N2S. The van der Waals surface area contributed by atoms with Crippen LogP contribution >= 0.6 is 11.8 Å². The van der Waals surface area contributed by atoms with Crippen LogP contribution in [0.5, 0.6) is 0 Å². The second kappa shape index (κ2) is 7.46. The van der Waals surface area contributed by atoms with Crippen molar-refractivity contribution < 1.29 is 0 Å². The predicted octanol–water partition coefficient (Wildman–Crippen LogP) is 4.14. The van der Waals surface area contributed by atoms with E-state index in [1.54, 1.807) is 0 Å². The highest BCUT2D eigenvalue weighted by molar-refractivity contribution is 7.99. The second-order valence-corrected chi connectivity index (χ2v) is 6.06. The molecule has 1 atom stereocenters. The summed E-state index contributed by atoms with van der Waals surface area (Å²) in [5.41, 5.74) is 4.09. The zero-order chi connectivity index (χ0) is 14.4. The Hall–Kier alpha value is -1.32. The Morgan fingerprint density at radius 3 is 2.60 bits per heavy atom. The molecule has 3 heteroatoms. The lowest BCUT2D eigenvalue weighted by atomic mass is 10.00. The van der Waals surface area contributed by atoms with Crippen molar-refractivity contribution >= 4 is 11.8 Å². The van der Waals surface area contributed by atoms with Crippen molar-refractivity contribution in [1.29, 1.82) is 0 Å². The van der Waals surface area contributed by atoms with Gasteiger partial charge in [0, 0.05) is 29.1 Å². The molecule has 2 rings (SSSR count). The van der Waals surface area contributed by atoms with E-state index in [0.29, 0.717) is 6.04 Å². The maximum Gasteiger partial charge on any atom is 0.0418 e. The number of pyridine rings is 1. The molecule has 1 unspecified atom stereocenters. The molecule has 0 fully saturated rings. The van der Waals surface area contributed by atoms with Gasteiger partial charge in [0.05, 0.1) is 0 Å². The number of thioether (sulfide) groups is 1. The van der Waals surface area contributed by atoms with E-state index < -0.39 is 0 Å². The molecule has 0 saturated heterocycles. The van der Waals surface area contributed by atoms with Gasteiger partial charge in [-0.1, -0.05) is 30.7 Å². The predicted molar refractivity (Wildman–Crippen MR) is 87.3 cm³/mol. The van der Waals surface area contributed by atoms with Crippen LogP contribution in [-0.2, 0) is 0 Å². The molecule has 1 heterocycles. The fourth-order valence-electron chi connectivity index (χ4n) is 2.25. The molecule has 20 heavy (non-hydrogen) atoms. The number of nitrogens with one attached hydrogen (secondary N) is 1. The second-order valence-electron chi connectivity index (χ2n) is 4.96. The van der Waals surface area contributed by atoms with E-state index in [9.17, 15) is 0 Å². The zero-order valence-electron chi connectivity index (χ0n) is 12.4. The molecule has 106 valence electrons. The number of rotatable bonds is 6. The Balaban J connectivity index is 2.12. The summed E-state index contributed by atoms with van der Waals surface area (Å²) in [5.74, 6) is 1.03. The minimum absolute atomic E-state index is 0.387. The molecule has 0 aliphatic carbocycles. The summed E-state index contributed by atoms with van der Waals surface area (Å²) in [6.07, 6.45) is 3.70. The smallest absolute Gasteiger partial charge is 0.0418 e. The first-order valence-corrected chi connectivity index (χ1v) is 8.02. The lowest BCUT2D eigenvalue weighted by Gasteiger charge is -2.20. The van der Waals surface area contributed by atoms with Crippen LogP contribution in [0.3, 0.4) is 0 Å². The van der Waals surface area contributed by atoms with E-state index in [1.165, 1.54) is 21.6 Å². The fourth-order valence-corrected chi connectivity index (χ4v) is 3.23. The van der Waals surface area contributed by atoms with Crippen molar-refractivity contribution in [1.82, 2.24) is 10.3 Å². The van der Waals surface area contributed by atoms with E-state index in [4.69, 9.17) is 0 Å². The van der Waals surface area contributed by atoms with Gasteiger partial charge in [-0.05, 0) is 43.7 Å². The van der Waals surface area contributed by atoms with Crippen molar-refractivity contribution in [2.24, 2.45) is 0 Å². The lowest BCUT2D eigenvalue weighted by Crippen LogP contribution is -2.23. The van der Waals surface area contributed by atoms with Gasteiger partial charge in [-0.25, -0.2) is 0 Å². The summed E-state index contributed by atoms with van der Waals surface area (Å²) in [7, 11) is 0. The summed E-state index contributed by atoms with van der Waals surface area (Å²) in [6.45, 7) is 7.49. The molecule has 0 saturated carbocycles. The van der Waals surface area contributed by atoms with Crippen LogP contribution in [0.1, 0.15) is 29.7 Å². The van der Waals surface area contributed by atoms with Crippen LogP contribution in [-0.4, -0.2) is 17.3 Å². The average Bonchev–Trinajstić information content (AvgIpc) is 2.47. The molecule has 0 aliphatic rings. The van der Waals surface area contributed by atoms with Crippen LogP contribution in [0.25, 0.3) is 0 Å². The van der Waals surface area contributed by atoms with Gasteiger partial charge in [0.15, 0.2) is 0 Å². The zero-order valence-corrected chi connectivity index (χ0v) is 13.2. The first kappa shape index (κ1) is 15.1. The van der Waals surface area contributed by atoms with Gasteiger partial charge < -0.3 is 5.32 Å². The normalized spacial score (nSPS) is 12.3. The third-order valence-electron chi connectivity index (χ3n) is 3.33. The minimum Gasteiger partial charge on any atom is -0.309 e. The molecule has 0 aliphatic heterocycles. The van der Waals surface area contributed by atoms with Crippen LogP contribution in [0.4, 0.5) is 0 Å². The SMILES string of the molecule is CCNC(CSc1ccncc1)c1cc(C)ccc1C. The Morgan fingerprint density at radius 2 is 1.90 bits per heavy atom. The van der Waals surface area contributed by atoms with E-state index in [1.807, 2.05) is 24.2 Å². The molecular weight excluding hydrogens is 264 g/mol. The topological polar surface area (TPSA) is 24.9 Å². The Kier molecular flexibility index (Phi) is 5.62. The van der Waals surface area contributed by atoms with Crippen LogP contribution in [0, 0.1) is 13.8 Å². The van der Waals surface area contributed by atoms with Gasteiger partial charge in [0.25, 0.3) is 0 Å². The van der Waals surface area contributed by atoms with Crippen molar-refractivity contribution in [2.75, 3.05) is 12.3 Å². The van der Waals surface area contributed by atoms with Gasteiger partial charge in [-0.15, -0.1) is 11.8 Å². The number of benzene rings is 1. The Morgan fingerprint density at radius 1 is 1.15 bits per heavy atom. The first-order chi connectivity index (χ1) is 9.70. The van der Waals surface area contributed by atoms with Gasteiger partial charge in [0.1, 0.15) is 0 Å². The summed E-state index contributed by atoms with van der Waals surface area (Å²) >= 11 is 1.88. The Bertz CT molecular complexity index is 540. The highest BCUT2D eigenvalue weighted by atomic mass is 32.2. The van der Waals surface area contributed by atoms with Gasteiger partial charge in [0.2, 0.25) is 0 Å². The van der Waals surface area contributed by atoms with Gasteiger partial charge >= 0.3 is 0 Å². The van der Waals surface area contributed by atoms with E-state index >= 15 is 0 Å². The van der Waals surface area contributed by atoms with Crippen LogP contribution in [0.2, 0.25) is 0 Å². The number of aromatic nitrogens is 1. The summed E-state index contributed by atoms with van der Waals surface area (Å²) in [6, 6.07) is 11.2. The van der Waals surface area contributed by atoms with Crippen molar-refractivity contribution in [3.8, 4) is 0 Å². The summed E-state index contributed by atoms with van der Waals surface area (Å²) < 4.78 is 0. The highest BCUT2D eigenvalue weighted by Gasteiger charge is 2.13. The molecule has 1 aromatic heterocycles. The van der Waals surface area contributed by atoms with E-state index in [2.05, 4.69) is 61.4 Å². The molecule has 2 aromatic rings. The lowest BCUT2D eigenvalue weighted by molar-refractivity contribution is 0.603. The van der Waals surface area contributed by atoms with Gasteiger partial charge in [-0.2, -0.15) is 0 Å². The summed E-state index contributed by atoms with van der Waals surface area (Å²) in [4.78, 5) is 5.34. The molecule has 1 aromatic carbocycles. The number of nitrogens with zero attached hydrogens (tertiary/aromatic N) is 1. The standard InChI is InChI=1S/C17H22N2S/c1-4-19-17(12-20-15-7-9-18-10-8-15)16-11-13(2)5-6-14(16)3/h5-11,17,19H,4,12H2,1-3H3. The number of hydrogen-bond donors (Lipinski definition) is 1. The molecule has 0 radical (unpaired) electrons. The van der Waals surface area contributed by atoms with E-state index in [-0.39, 0.29) is 0 Å². The molecule has 0 spiro atoms. The largest absolute Gasteiger partial charge is 0.309 e. The molecule has 1 N–H and O–H groups in total. The van der Waals surface area contributed by atoms with Crippen LogP contribution in [0.15, 0.2) is 47.6 Å². The third kappa shape index (κ3) is 4.09. The maximum atomic E-state index is 4.06. The van der Waals surface area contributed by atoms with E-state index in [0.717, 1.165) is 12.3 Å². The van der Waals surface area contributed by atoms with Gasteiger partial charge in [-0.3, -0.25) is 4.98 Å². The molecule has 0 amide bonds. The number of hydrogen-bond acceptors (Lipinski definition) is 3. The Labute approximate surface area is 126 Å². The number of aryl methyl sites for hydroxylation is 2.